The number of anilines is 1. The SMILES string of the molecule is Cc1c(C(=O)NC(c2ccccn2)C(F)(F)F)sc2ncnc(NC3CCCC3)c12. The van der Waals surface area contributed by atoms with Gasteiger partial charge in [-0.25, -0.2) is 9.97 Å². The van der Waals surface area contributed by atoms with E-state index in [9.17, 15) is 18.0 Å². The third kappa shape index (κ3) is 4.09. The molecule has 0 radical (unpaired) electrons. The normalized spacial score (nSPS) is 16.0. The third-order valence-corrected chi connectivity index (χ3v) is 6.41. The van der Waals surface area contributed by atoms with Crippen LogP contribution < -0.4 is 10.6 Å². The number of carbonyl (C=O) groups is 1. The van der Waals surface area contributed by atoms with Gasteiger partial charge in [0, 0.05) is 12.2 Å². The molecule has 1 fully saturated rings. The summed E-state index contributed by atoms with van der Waals surface area (Å²) in [5, 5.41) is 6.18. The number of aromatic nitrogens is 3. The lowest BCUT2D eigenvalue weighted by Crippen LogP contribution is -2.38. The molecule has 0 bridgehead atoms. The molecule has 158 valence electrons. The first-order valence-corrected chi connectivity index (χ1v) is 10.5. The van der Waals surface area contributed by atoms with Crippen molar-refractivity contribution in [1.29, 1.82) is 0 Å². The topological polar surface area (TPSA) is 79.8 Å². The minimum Gasteiger partial charge on any atom is -0.367 e. The highest BCUT2D eigenvalue weighted by Gasteiger charge is 2.43. The summed E-state index contributed by atoms with van der Waals surface area (Å²) in [6.45, 7) is 1.71. The third-order valence-electron chi connectivity index (χ3n) is 5.22. The molecule has 0 aliphatic heterocycles. The molecule has 10 heteroatoms. The lowest BCUT2D eigenvalue weighted by molar-refractivity contribution is -0.156. The maximum absolute atomic E-state index is 13.6. The van der Waals surface area contributed by atoms with E-state index >= 15 is 0 Å². The monoisotopic (exact) mass is 435 g/mol. The van der Waals surface area contributed by atoms with Crippen molar-refractivity contribution in [1.82, 2.24) is 20.3 Å². The average Bonchev–Trinajstić information content (AvgIpc) is 3.34. The standard InChI is InChI=1S/C20H20F3N5OS/c1-11-14-17(27-12-6-2-3-7-12)25-10-26-19(14)30-15(11)18(29)28-16(20(21,22)23)13-8-4-5-9-24-13/h4-5,8-10,12,16H,2-3,6-7H2,1H3,(H,28,29)(H,25,26,27). The highest BCUT2D eigenvalue weighted by atomic mass is 32.1. The van der Waals surface area contributed by atoms with Crippen molar-refractivity contribution < 1.29 is 18.0 Å². The van der Waals surface area contributed by atoms with Crippen LogP contribution in [0.4, 0.5) is 19.0 Å². The molecule has 2 N–H and O–H groups in total. The van der Waals surface area contributed by atoms with Crippen molar-refractivity contribution in [2.75, 3.05) is 5.32 Å². The molecule has 1 atom stereocenters. The van der Waals surface area contributed by atoms with Crippen LogP contribution in [0.2, 0.25) is 0 Å². The Labute approximate surface area is 175 Å². The Morgan fingerprint density at radius 3 is 2.63 bits per heavy atom. The fraction of sp³-hybridized carbons (Fsp3) is 0.400. The number of rotatable bonds is 5. The van der Waals surface area contributed by atoms with Crippen LogP contribution in [0.3, 0.4) is 0 Å². The molecule has 1 aliphatic carbocycles. The second-order valence-electron chi connectivity index (χ2n) is 7.29. The largest absolute Gasteiger partial charge is 0.414 e. The fourth-order valence-corrected chi connectivity index (χ4v) is 4.78. The summed E-state index contributed by atoms with van der Waals surface area (Å²) >= 11 is 1.06. The number of alkyl halides is 3. The van der Waals surface area contributed by atoms with Crippen LogP contribution in [0, 0.1) is 6.92 Å². The molecule has 4 rings (SSSR count). The average molecular weight is 435 g/mol. The number of nitrogens with zero attached hydrogens (tertiary/aromatic N) is 3. The Hall–Kier alpha value is -2.75. The number of pyridine rings is 1. The molecule has 1 unspecified atom stereocenters. The Morgan fingerprint density at radius 2 is 1.97 bits per heavy atom. The number of nitrogens with one attached hydrogen (secondary N) is 2. The van der Waals surface area contributed by atoms with Gasteiger partial charge in [-0.1, -0.05) is 18.9 Å². The number of thiophene rings is 1. The lowest BCUT2D eigenvalue weighted by atomic mass is 10.1. The minimum atomic E-state index is -4.68. The molecule has 1 aliphatic rings. The molecule has 6 nitrogen and oxygen atoms in total. The second kappa shape index (κ2) is 8.17. The Morgan fingerprint density at radius 1 is 1.20 bits per heavy atom. The van der Waals surface area contributed by atoms with Gasteiger partial charge in [0.05, 0.1) is 16.0 Å². The second-order valence-corrected chi connectivity index (χ2v) is 8.29. The number of hydrogen-bond acceptors (Lipinski definition) is 6. The Balaban J connectivity index is 1.65. The number of carbonyl (C=O) groups excluding carboxylic acids is 1. The summed E-state index contributed by atoms with van der Waals surface area (Å²) in [5.41, 5.74) is 0.302. The predicted octanol–water partition coefficient (Wildman–Crippen LogP) is 4.78. The quantitative estimate of drug-likeness (QED) is 0.603. The van der Waals surface area contributed by atoms with Crippen molar-refractivity contribution in [2.45, 2.75) is 50.9 Å². The van der Waals surface area contributed by atoms with E-state index < -0.39 is 18.1 Å². The van der Waals surface area contributed by atoms with E-state index in [1.165, 1.54) is 30.7 Å². The summed E-state index contributed by atoms with van der Waals surface area (Å²) in [6, 6.07) is 2.32. The van der Waals surface area contributed by atoms with E-state index in [0.717, 1.165) is 37.0 Å². The van der Waals surface area contributed by atoms with Gasteiger partial charge in [-0.2, -0.15) is 13.2 Å². The van der Waals surface area contributed by atoms with E-state index in [1.807, 2.05) is 0 Å². The van der Waals surface area contributed by atoms with E-state index in [-0.39, 0.29) is 10.6 Å². The summed E-state index contributed by atoms with van der Waals surface area (Å²) in [4.78, 5) is 25.9. The van der Waals surface area contributed by atoms with Crippen LogP contribution in [0.5, 0.6) is 0 Å². The zero-order valence-corrected chi connectivity index (χ0v) is 17.0. The van der Waals surface area contributed by atoms with Gasteiger partial charge in [-0.15, -0.1) is 11.3 Å². The minimum absolute atomic E-state index is 0.185. The zero-order chi connectivity index (χ0) is 21.3. The van der Waals surface area contributed by atoms with Gasteiger partial charge in [-0.3, -0.25) is 9.78 Å². The lowest BCUT2D eigenvalue weighted by Gasteiger charge is -2.21. The summed E-state index contributed by atoms with van der Waals surface area (Å²) < 4.78 is 40.8. The molecule has 3 aromatic heterocycles. The van der Waals surface area contributed by atoms with E-state index in [0.29, 0.717) is 27.6 Å². The zero-order valence-electron chi connectivity index (χ0n) is 16.2. The summed E-state index contributed by atoms with van der Waals surface area (Å²) in [7, 11) is 0. The smallest absolute Gasteiger partial charge is 0.367 e. The number of fused-ring (bicyclic) bond motifs is 1. The maximum atomic E-state index is 13.6. The Bertz CT molecular complexity index is 1050. The number of halogens is 3. The molecule has 1 saturated carbocycles. The van der Waals surface area contributed by atoms with Crippen LogP contribution in [-0.4, -0.2) is 33.1 Å². The first kappa shape index (κ1) is 20.5. The number of hydrogen-bond donors (Lipinski definition) is 2. The maximum Gasteiger partial charge on any atom is 0.414 e. The molecule has 0 spiro atoms. The van der Waals surface area contributed by atoms with Crippen LogP contribution in [-0.2, 0) is 0 Å². The number of amides is 1. The van der Waals surface area contributed by atoms with Crippen molar-refractivity contribution >= 4 is 33.3 Å². The van der Waals surface area contributed by atoms with Crippen LogP contribution in [0.15, 0.2) is 30.7 Å². The van der Waals surface area contributed by atoms with Gasteiger partial charge in [0.1, 0.15) is 17.0 Å². The summed E-state index contributed by atoms with van der Waals surface area (Å²) in [5.74, 6) is -0.188. The summed E-state index contributed by atoms with van der Waals surface area (Å²) in [6.07, 6.45) is 2.37. The molecule has 30 heavy (non-hydrogen) atoms. The molecule has 3 aromatic rings. The molecular weight excluding hydrogens is 415 g/mol. The van der Waals surface area contributed by atoms with E-state index in [1.54, 1.807) is 6.92 Å². The number of aryl methyl sites for hydroxylation is 1. The van der Waals surface area contributed by atoms with Gasteiger partial charge in [0.25, 0.3) is 5.91 Å². The van der Waals surface area contributed by atoms with Crippen LogP contribution in [0.1, 0.15) is 52.7 Å². The van der Waals surface area contributed by atoms with Gasteiger partial charge < -0.3 is 10.6 Å². The predicted molar refractivity (Wildman–Crippen MR) is 109 cm³/mol. The van der Waals surface area contributed by atoms with Crippen molar-refractivity contribution in [3.05, 3.63) is 46.9 Å². The molecule has 3 heterocycles. The fourth-order valence-electron chi connectivity index (χ4n) is 3.73. The van der Waals surface area contributed by atoms with Crippen molar-refractivity contribution in [3.8, 4) is 0 Å². The highest BCUT2D eigenvalue weighted by molar-refractivity contribution is 7.20. The molecule has 0 saturated heterocycles. The van der Waals surface area contributed by atoms with E-state index in [2.05, 4.69) is 25.6 Å². The van der Waals surface area contributed by atoms with E-state index in [4.69, 9.17) is 0 Å². The van der Waals surface area contributed by atoms with Crippen molar-refractivity contribution in [3.63, 3.8) is 0 Å². The van der Waals surface area contributed by atoms with Gasteiger partial charge in [0.15, 0.2) is 6.04 Å². The first-order valence-electron chi connectivity index (χ1n) is 9.63. The van der Waals surface area contributed by atoms with Gasteiger partial charge >= 0.3 is 6.18 Å². The highest BCUT2D eigenvalue weighted by Crippen LogP contribution is 2.36. The van der Waals surface area contributed by atoms with Gasteiger partial charge in [0.2, 0.25) is 0 Å². The van der Waals surface area contributed by atoms with Crippen molar-refractivity contribution in [2.24, 2.45) is 0 Å². The molecule has 0 aromatic carbocycles. The van der Waals surface area contributed by atoms with Gasteiger partial charge in [-0.05, 0) is 37.5 Å². The van der Waals surface area contributed by atoms with Crippen LogP contribution >= 0.6 is 11.3 Å². The molecule has 1 amide bonds. The van der Waals surface area contributed by atoms with Crippen LogP contribution in [0.25, 0.3) is 10.2 Å². The Kier molecular flexibility index (Phi) is 5.59. The first-order chi connectivity index (χ1) is 14.3. The molecular formula is C20H20F3N5OS.